The largest absolute Gasteiger partial charge is 0.320 e. The lowest BCUT2D eigenvalue weighted by Crippen LogP contribution is -2.35. The molecule has 0 radical (unpaired) electrons. The second kappa shape index (κ2) is 7.71. The number of hydrogen-bond acceptors (Lipinski definition) is 4. The third-order valence-electron chi connectivity index (χ3n) is 3.56. The zero-order valence-corrected chi connectivity index (χ0v) is 14.8. The summed E-state index contributed by atoms with van der Waals surface area (Å²) in [6.07, 6.45) is 0. The molecular weight excluding hydrogens is 366 g/mol. The molecule has 0 heterocycles. The van der Waals surface area contributed by atoms with E-state index in [9.17, 15) is 26.8 Å². The Morgan fingerprint density at radius 3 is 2.08 bits per heavy atom. The van der Waals surface area contributed by atoms with Crippen LogP contribution in [-0.4, -0.2) is 38.0 Å². The molecule has 2 rings (SSSR count). The molecule has 0 atom stereocenters. The van der Waals surface area contributed by atoms with Gasteiger partial charge in [-0.15, -0.1) is 0 Å². The molecule has 26 heavy (non-hydrogen) atoms. The highest BCUT2D eigenvalue weighted by Crippen LogP contribution is 2.19. The summed E-state index contributed by atoms with van der Waals surface area (Å²) in [5, 5.41) is 2.02. The predicted octanol–water partition coefficient (Wildman–Crippen LogP) is 2.43. The number of nitrogens with zero attached hydrogens (tertiary/aromatic N) is 1. The third-order valence-corrected chi connectivity index (χ3v) is 5.38. The van der Waals surface area contributed by atoms with Gasteiger partial charge in [-0.3, -0.25) is 9.59 Å². The molecule has 138 valence electrons. The summed E-state index contributed by atoms with van der Waals surface area (Å²) in [4.78, 5) is 23.1. The summed E-state index contributed by atoms with van der Waals surface area (Å²) in [6, 6.07) is 8.29. The summed E-state index contributed by atoms with van der Waals surface area (Å²) in [5.74, 6) is -3.05. The maximum Gasteiger partial charge on any atom is 0.243 e. The Bertz CT molecular complexity index is 923. The fourth-order valence-electron chi connectivity index (χ4n) is 2.12. The fraction of sp³-hybridized carbons (Fsp3) is 0.176. The molecule has 0 aliphatic heterocycles. The average Bonchev–Trinajstić information content (AvgIpc) is 2.58. The lowest BCUT2D eigenvalue weighted by molar-refractivity contribution is -0.116. The smallest absolute Gasteiger partial charge is 0.243 e. The molecule has 1 amide bonds. The Balaban J connectivity index is 2.13. The highest BCUT2D eigenvalue weighted by atomic mass is 32.2. The van der Waals surface area contributed by atoms with Crippen LogP contribution in [-0.2, 0) is 14.8 Å². The minimum absolute atomic E-state index is 0.116. The van der Waals surface area contributed by atoms with E-state index in [1.165, 1.54) is 31.2 Å². The molecule has 0 saturated heterocycles. The number of likely N-dealkylation sites (N-methyl/N-ethyl adjacent to an activating group) is 1. The van der Waals surface area contributed by atoms with Crippen molar-refractivity contribution in [2.45, 2.75) is 11.8 Å². The minimum Gasteiger partial charge on any atom is -0.320 e. The van der Waals surface area contributed by atoms with E-state index in [1.807, 2.05) is 5.32 Å². The molecule has 6 nitrogen and oxygen atoms in total. The molecule has 0 bridgehead atoms. The molecule has 0 fully saturated rings. The standard InChI is InChI=1S/C17H16F2N2O4S/c1-11(22)12-6-8-13(9-7-12)26(24,25)21(2)10-16(23)20-17-14(18)4-3-5-15(17)19/h3-9H,10H2,1-2H3,(H,20,23). The number of halogens is 2. The number of hydrogen-bond donors (Lipinski definition) is 1. The van der Waals surface area contributed by atoms with Gasteiger partial charge in [-0.05, 0) is 31.2 Å². The summed E-state index contributed by atoms with van der Waals surface area (Å²) in [7, 11) is -2.86. The summed E-state index contributed by atoms with van der Waals surface area (Å²) in [6.45, 7) is 0.701. The van der Waals surface area contributed by atoms with Crippen LogP contribution in [0.25, 0.3) is 0 Å². The minimum atomic E-state index is -4.02. The maximum atomic E-state index is 13.5. The average molecular weight is 382 g/mol. The van der Waals surface area contributed by atoms with Crippen LogP contribution < -0.4 is 5.32 Å². The molecule has 0 aliphatic rings. The first kappa shape index (κ1) is 19.7. The van der Waals surface area contributed by atoms with Crippen molar-refractivity contribution >= 4 is 27.4 Å². The van der Waals surface area contributed by atoms with E-state index in [2.05, 4.69) is 0 Å². The molecule has 0 unspecified atom stereocenters. The zero-order chi connectivity index (χ0) is 19.5. The van der Waals surface area contributed by atoms with Gasteiger partial charge >= 0.3 is 0 Å². The predicted molar refractivity (Wildman–Crippen MR) is 91.3 cm³/mol. The topological polar surface area (TPSA) is 83.6 Å². The molecular formula is C17H16F2N2O4S. The fourth-order valence-corrected chi connectivity index (χ4v) is 3.25. The highest BCUT2D eigenvalue weighted by molar-refractivity contribution is 7.89. The van der Waals surface area contributed by atoms with Crippen LogP contribution in [0, 0.1) is 11.6 Å². The Hall–Kier alpha value is -2.65. The molecule has 2 aromatic rings. The second-order valence-corrected chi connectivity index (χ2v) is 7.53. The van der Waals surface area contributed by atoms with Gasteiger partial charge in [0.05, 0.1) is 11.4 Å². The van der Waals surface area contributed by atoms with E-state index in [1.54, 1.807) is 0 Å². The number of sulfonamides is 1. The Morgan fingerprint density at radius 1 is 1.04 bits per heavy atom. The number of Topliss-reactive ketones (excluding diaryl/α,β-unsaturated/α-hetero) is 1. The number of carbonyl (C=O) groups is 2. The molecule has 2 aromatic carbocycles. The monoisotopic (exact) mass is 382 g/mol. The first-order chi connectivity index (χ1) is 12.1. The number of benzene rings is 2. The van der Waals surface area contributed by atoms with Crippen molar-refractivity contribution in [3.8, 4) is 0 Å². The van der Waals surface area contributed by atoms with Gasteiger partial charge in [0.15, 0.2) is 5.78 Å². The van der Waals surface area contributed by atoms with Crippen molar-refractivity contribution in [1.29, 1.82) is 0 Å². The van der Waals surface area contributed by atoms with E-state index < -0.39 is 39.8 Å². The van der Waals surface area contributed by atoms with Gasteiger partial charge in [0, 0.05) is 12.6 Å². The van der Waals surface area contributed by atoms with Crippen LogP contribution in [0.5, 0.6) is 0 Å². The maximum absolute atomic E-state index is 13.5. The van der Waals surface area contributed by atoms with Crippen LogP contribution >= 0.6 is 0 Å². The number of amides is 1. The normalized spacial score (nSPS) is 11.4. The molecule has 1 N–H and O–H groups in total. The number of para-hydroxylation sites is 1. The van der Waals surface area contributed by atoms with E-state index >= 15 is 0 Å². The Labute approximate surface area is 149 Å². The number of anilines is 1. The Kier molecular flexibility index (Phi) is 5.83. The first-order valence-electron chi connectivity index (χ1n) is 7.44. The summed E-state index contributed by atoms with van der Waals surface area (Å²) < 4.78 is 52.7. The summed E-state index contributed by atoms with van der Waals surface area (Å²) in [5.41, 5.74) is -0.298. The first-order valence-corrected chi connectivity index (χ1v) is 8.88. The zero-order valence-electron chi connectivity index (χ0n) is 14.0. The number of nitrogens with one attached hydrogen (secondary N) is 1. The number of rotatable bonds is 6. The summed E-state index contributed by atoms with van der Waals surface area (Å²) >= 11 is 0. The van der Waals surface area contributed by atoms with Gasteiger partial charge < -0.3 is 5.32 Å². The highest BCUT2D eigenvalue weighted by Gasteiger charge is 2.24. The van der Waals surface area contributed by atoms with Crippen LogP contribution in [0.2, 0.25) is 0 Å². The van der Waals surface area contributed by atoms with Crippen molar-refractivity contribution < 1.29 is 26.8 Å². The van der Waals surface area contributed by atoms with Gasteiger partial charge in [0.2, 0.25) is 15.9 Å². The molecule has 0 spiro atoms. The van der Waals surface area contributed by atoms with E-state index in [-0.39, 0.29) is 10.7 Å². The van der Waals surface area contributed by atoms with Crippen LogP contribution in [0.1, 0.15) is 17.3 Å². The molecule has 0 aromatic heterocycles. The van der Waals surface area contributed by atoms with Crippen LogP contribution in [0.15, 0.2) is 47.4 Å². The second-order valence-electron chi connectivity index (χ2n) is 5.49. The van der Waals surface area contributed by atoms with Gasteiger partial charge in [0.25, 0.3) is 0 Å². The Morgan fingerprint density at radius 2 is 1.58 bits per heavy atom. The molecule has 9 heteroatoms. The quantitative estimate of drug-likeness (QED) is 0.778. The lowest BCUT2D eigenvalue weighted by atomic mass is 10.2. The van der Waals surface area contributed by atoms with E-state index in [0.29, 0.717) is 5.56 Å². The molecule has 0 aliphatic carbocycles. The third kappa shape index (κ3) is 4.30. The van der Waals surface area contributed by atoms with Crippen molar-refractivity contribution in [2.24, 2.45) is 0 Å². The van der Waals surface area contributed by atoms with Gasteiger partial charge in [0.1, 0.15) is 17.3 Å². The van der Waals surface area contributed by atoms with Crippen molar-refractivity contribution in [3.63, 3.8) is 0 Å². The number of carbonyl (C=O) groups excluding carboxylic acids is 2. The van der Waals surface area contributed by atoms with Crippen LogP contribution in [0.4, 0.5) is 14.5 Å². The van der Waals surface area contributed by atoms with Gasteiger partial charge in [-0.25, -0.2) is 17.2 Å². The van der Waals surface area contributed by atoms with Crippen molar-refractivity contribution in [1.82, 2.24) is 4.31 Å². The van der Waals surface area contributed by atoms with E-state index in [0.717, 1.165) is 29.6 Å². The van der Waals surface area contributed by atoms with E-state index in [4.69, 9.17) is 0 Å². The lowest BCUT2D eigenvalue weighted by Gasteiger charge is -2.17. The SMILES string of the molecule is CC(=O)c1ccc(S(=O)(=O)N(C)CC(=O)Nc2c(F)cccc2F)cc1. The van der Waals surface area contributed by atoms with Gasteiger partial charge in [-0.1, -0.05) is 18.2 Å². The molecule has 0 saturated carbocycles. The van der Waals surface area contributed by atoms with Crippen molar-refractivity contribution in [2.75, 3.05) is 18.9 Å². The van der Waals surface area contributed by atoms with Crippen molar-refractivity contribution in [3.05, 3.63) is 59.7 Å². The number of ketones is 1. The van der Waals surface area contributed by atoms with Gasteiger partial charge in [-0.2, -0.15) is 4.31 Å². The van der Waals surface area contributed by atoms with Crippen LogP contribution in [0.3, 0.4) is 0 Å².